The van der Waals surface area contributed by atoms with E-state index in [4.69, 9.17) is 10.8 Å². The fourth-order valence-electron chi connectivity index (χ4n) is 1.42. The van der Waals surface area contributed by atoms with Crippen LogP contribution in [0.3, 0.4) is 0 Å². The van der Waals surface area contributed by atoms with E-state index in [0.717, 1.165) is 11.3 Å². The minimum absolute atomic E-state index is 0.0868. The molecule has 16 heavy (non-hydrogen) atoms. The summed E-state index contributed by atoms with van der Waals surface area (Å²) in [7, 11) is 0. The molecule has 0 aliphatic rings. The number of benzene rings is 1. The quantitative estimate of drug-likeness (QED) is 0.729. The number of rotatable bonds is 2. The molecule has 82 valence electrons. The molecule has 0 unspecified atom stereocenters. The molecule has 3 N–H and O–H groups in total. The normalized spacial score (nSPS) is 10.3. The number of aryl methyl sites for hydroxylation is 1. The molecule has 0 aliphatic carbocycles. The van der Waals surface area contributed by atoms with Gasteiger partial charge in [-0.05, 0) is 30.7 Å². The molecule has 0 radical (unpaired) electrons. The van der Waals surface area contributed by atoms with Crippen LogP contribution in [0.2, 0.25) is 0 Å². The van der Waals surface area contributed by atoms with Crippen molar-refractivity contribution in [2.24, 2.45) is 0 Å². The molecule has 2 aromatic rings. The monoisotopic (exact) mass is 218 g/mol. The predicted molar refractivity (Wildman–Crippen MR) is 57.5 cm³/mol. The number of hydrogen-bond donors (Lipinski definition) is 2. The molecule has 1 aromatic carbocycles. The van der Waals surface area contributed by atoms with Crippen LogP contribution in [0.5, 0.6) is 0 Å². The summed E-state index contributed by atoms with van der Waals surface area (Å²) in [6.45, 7) is 1.87. The van der Waals surface area contributed by atoms with Crippen LogP contribution in [0.4, 0.5) is 5.69 Å². The lowest BCUT2D eigenvalue weighted by Gasteiger charge is -2.04. The molecule has 2 rings (SSSR count). The SMILES string of the molecule is Cc1cc(N)ccc1-n1cc(C(=O)O)nn1. The van der Waals surface area contributed by atoms with Crippen molar-refractivity contribution in [2.45, 2.75) is 6.92 Å². The number of aromatic nitrogens is 3. The van der Waals surface area contributed by atoms with E-state index in [1.165, 1.54) is 10.9 Å². The molecular formula is C10H10N4O2. The first-order valence-electron chi connectivity index (χ1n) is 4.60. The van der Waals surface area contributed by atoms with E-state index in [9.17, 15) is 4.79 Å². The maximum atomic E-state index is 10.6. The minimum Gasteiger partial charge on any atom is -0.476 e. The first kappa shape index (κ1) is 10.2. The lowest BCUT2D eigenvalue weighted by molar-refractivity contribution is 0.0690. The highest BCUT2D eigenvalue weighted by Crippen LogP contribution is 2.16. The van der Waals surface area contributed by atoms with Gasteiger partial charge in [0.25, 0.3) is 0 Å². The Morgan fingerprint density at radius 2 is 2.25 bits per heavy atom. The number of nitrogen functional groups attached to an aromatic ring is 1. The topological polar surface area (TPSA) is 94.0 Å². The zero-order valence-electron chi connectivity index (χ0n) is 8.58. The largest absolute Gasteiger partial charge is 0.476 e. The molecule has 0 atom stereocenters. The van der Waals surface area contributed by atoms with E-state index in [1.807, 2.05) is 6.92 Å². The zero-order chi connectivity index (χ0) is 11.7. The Labute approximate surface area is 91.3 Å². The smallest absolute Gasteiger partial charge is 0.358 e. The van der Waals surface area contributed by atoms with Gasteiger partial charge in [-0.15, -0.1) is 5.10 Å². The molecule has 0 saturated heterocycles. The molecule has 0 bridgehead atoms. The summed E-state index contributed by atoms with van der Waals surface area (Å²) in [5.74, 6) is -1.10. The van der Waals surface area contributed by atoms with Gasteiger partial charge < -0.3 is 10.8 Å². The van der Waals surface area contributed by atoms with Gasteiger partial charge in [-0.25, -0.2) is 9.48 Å². The van der Waals surface area contributed by atoms with Crippen molar-refractivity contribution in [3.8, 4) is 5.69 Å². The minimum atomic E-state index is -1.10. The van der Waals surface area contributed by atoms with Crippen molar-refractivity contribution in [3.63, 3.8) is 0 Å². The van der Waals surface area contributed by atoms with Crippen LogP contribution in [0.15, 0.2) is 24.4 Å². The molecule has 6 nitrogen and oxygen atoms in total. The van der Waals surface area contributed by atoms with Crippen molar-refractivity contribution < 1.29 is 9.90 Å². The molecule has 0 aliphatic heterocycles. The Morgan fingerprint density at radius 3 is 2.81 bits per heavy atom. The van der Waals surface area contributed by atoms with Gasteiger partial charge in [-0.3, -0.25) is 0 Å². The second-order valence-electron chi connectivity index (χ2n) is 3.40. The van der Waals surface area contributed by atoms with Crippen molar-refractivity contribution in [2.75, 3.05) is 5.73 Å². The first-order chi connectivity index (χ1) is 7.58. The Morgan fingerprint density at radius 1 is 1.50 bits per heavy atom. The van der Waals surface area contributed by atoms with Crippen molar-refractivity contribution in [1.29, 1.82) is 0 Å². The van der Waals surface area contributed by atoms with Gasteiger partial charge >= 0.3 is 5.97 Å². The number of hydrogen-bond acceptors (Lipinski definition) is 4. The highest BCUT2D eigenvalue weighted by molar-refractivity contribution is 5.84. The third-order valence-corrected chi connectivity index (χ3v) is 2.18. The summed E-state index contributed by atoms with van der Waals surface area (Å²) in [6, 6.07) is 5.28. The molecule has 0 fully saturated rings. The van der Waals surface area contributed by atoms with E-state index in [2.05, 4.69) is 10.3 Å². The van der Waals surface area contributed by atoms with E-state index in [0.29, 0.717) is 5.69 Å². The van der Waals surface area contributed by atoms with Gasteiger partial charge in [0.1, 0.15) is 0 Å². The van der Waals surface area contributed by atoms with Crippen LogP contribution in [0.25, 0.3) is 5.69 Å². The highest BCUT2D eigenvalue weighted by atomic mass is 16.4. The molecular weight excluding hydrogens is 208 g/mol. The Balaban J connectivity index is 2.46. The van der Waals surface area contributed by atoms with Gasteiger partial charge in [0.15, 0.2) is 5.69 Å². The fraction of sp³-hybridized carbons (Fsp3) is 0.100. The van der Waals surface area contributed by atoms with Gasteiger partial charge in [0.2, 0.25) is 0 Å². The van der Waals surface area contributed by atoms with E-state index >= 15 is 0 Å². The van der Waals surface area contributed by atoms with Gasteiger partial charge in [0, 0.05) is 5.69 Å². The molecule has 0 saturated carbocycles. The van der Waals surface area contributed by atoms with Gasteiger partial charge in [-0.1, -0.05) is 5.21 Å². The third-order valence-electron chi connectivity index (χ3n) is 2.18. The number of nitrogens with zero attached hydrogens (tertiary/aromatic N) is 3. The van der Waals surface area contributed by atoms with E-state index in [1.54, 1.807) is 18.2 Å². The van der Waals surface area contributed by atoms with E-state index in [-0.39, 0.29) is 5.69 Å². The number of aromatic carboxylic acids is 1. The average molecular weight is 218 g/mol. The lowest BCUT2D eigenvalue weighted by Crippen LogP contribution is -1.99. The Hall–Kier alpha value is -2.37. The zero-order valence-corrected chi connectivity index (χ0v) is 8.58. The summed E-state index contributed by atoms with van der Waals surface area (Å²) in [4.78, 5) is 10.6. The summed E-state index contributed by atoms with van der Waals surface area (Å²) in [5, 5.41) is 16.0. The van der Waals surface area contributed by atoms with Crippen LogP contribution in [-0.4, -0.2) is 26.1 Å². The summed E-state index contributed by atoms with van der Waals surface area (Å²) < 4.78 is 1.41. The van der Waals surface area contributed by atoms with Crippen molar-refractivity contribution in [3.05, 3.63) is 35.7 Å². The summed E-state index contributed by atoms with van der Waals surface area (Å²) >= 11 is 0. The highest BCUT2D eigenvalue weighted by Gasteiger charge is 2.10. The van der Waals surface area contributed by atoms with Crippen LogP contribution in [0.1, 0.15) is 16.1 Å². The lowest BCUT2D eigenvalue weighted by atomic mass is 10.2. The Kier molecular flexibility index (Phi) is 2.32. The van der Waals surface area contributed by atoms with Crippen LogP contribution in [-0.2, 0) is 0 Å². The predicted octanol–water partition coefficient (Wildman–Crippen LogP) is 0.856. The summed E-state index contributed by atoms with van der Waals surface area (Å²) in [5.41, 5.74) is 7.85. The third kappa shape index (κ3) is 1.72. The van der Waals surface area contributed by atoms with Crippen LogP contribution < -0.4 is 5.73 Å². The fourth-order valence-corrected chi connectivity index (χ4v) is 1.42. The van der Waals surface area contributed by atoms with Crippen LogP contribution >= 0.6 is 0 Å². The molecule has 0 spiro atoms. The number of nitrogens with two attached hydrogens (primary N) is 1. The van der Waals surface area contributed by atoms with E-state index < -0.39 is 5.97 Å². The van der Waals surface area contributed by atoms with Gasteiger partial charge in [-0.2, -0.15) is 0 Å². The average Bonchev–Trinajstić information content (AvgIpc) is 2.66. The maximum absolute atomic E-state index is 10.6. The molecule has 1 heterocycles. The molecule has 0 amide bonds. The van der Waals surface area contributed by atoms with Crippen molar-refractivity contribution in [1.82, 2.24) is 15.0 Å². The van der Waals surface area contributed by atoms with Crippen LogP contribution in [0, 0.1) is 6.92 Å². The summed E-state index contributed by atoms with van der Waals surface area (Å²) in [6.07, 6.45) is 1.36. The first-order valence-corrected chi connectivity index (χ1v) is 4.60. The van der Waals surface area contributed by atoms with Crippen molar-refractivity contribution >= 4 is 11.7 Å². The molecule has 6 heteroatoms. The Bertz CT molecular complexity index is 548. The maximum Gasteiger partial charge on any atom is 0.358 e. The second-order valence-corrected chi connectivity index (χ2v) is 3.40. The number of carboxylic acid groups (broad SMARTS) is 1. The number of anilines is 1. The second kappa shape index (κ2) is 3.65. The van der Waals surface area contributed by atoms with Gasteiger partial charge in [0.05, 0.1) is 11.9 Å². The number of carbonyl (C=O) groups is 1. The standard InChI is InChI=1S/C10H10N4O2/c1-6-4-7(11)2-3-9(6)14-5-8(10(15)16)12-13-14/h2-5H,11H2,1H3,(H,15,16). The molecule has 1 aromatic heterocycles. The number of carboxylic acids is 1.